The molecule has 0 amide bonds. The number of hydrogen-bond acceptors (Lipinski definition) is 2. The van der Waals surface area contributed by atoms with Crippen molar-refractivity contribution in [2.24, 2.45) is 0 Å². The van der Waals surface area contributed by atoms with Crippen molar-refractivity contribution in [3.8, 4) is 0 Å². The zero-order valence-electron chi connectivity index (χ0n) is 9.88. The van der Waals surface area contributed by atoms with Gasteiger partial charge in [0.1, 0.15) is 0 Å². The van der Waals surface area contributed by atoms with Crippen molar-refractivity contribution >= 4 is 15.9 Å². The highest BCUT2D eigenvalue weighted by molar-refractivity contribution is 9.10. The molecule has 0 bridgehead atoms. The fourth-order valence-electron chi connectivity index (χ4n) is 2.79. The number of benzene rings is 1. The second-order valence-electron chi connectivity index (χ2n) is 5.45. The van der Waals surface area contributed by atoms with E-state index in [4.69, 9.17) is 0 Å². The molecule has 17 heavy (non-hydrogen) atoms. The number of aliphatic hydroxyl groups excluding tert-OH is 1. The van der Waals surface area contributed by atoms with Gasteiger partial charge in [-0.1, -0.05) is 22.0 Å². The molecule has 0 aromatic heterocycles. The molecular formula is C14H18BrNO. The van der Waals surface area contributed by atoms with Gasteiger partial charge in [0.25, 0.3) is 0 Å². The number of fused-ring (bicyclic) bond motifs is 1. The molecule has 0 aliphatic heterocycles. The van der Waals surface area contributed by atoms with E-state index in [0.717, 1.165) is 23.7 Å². The summed E-state index contributed by atoms with van der Waals surface area (Å²) < 4.78 is 1.16. The Morgan fingerprint density at radius 2 is 2.18 bits per heavy atom. The monoisotopic (exact) mass is 295 g/mol. The first-order chi connectivity index (χ1) is 8.21. The summed E-state index contributed by atoms with van der Waals surface area (Å²) in [6.07, 6.45) is 5.62. The van der Waals surface area contributed by atoms with Crippen LogP contribution < -0.4 is 5.32 Å². The van der Waals surface area contributed by atoms with Crippen molar-refractivity contribution in [2.75, 3.05) is 6.61 Å². The van der Waals surface area contributed by atoms with Crippen LogP contribution in [0.15, 0.2) is 22.7 Å². The zero-order valence-corrected chi connectivity index (χ0v) is 11.5. The van der Waals surface area contributed by atoms with Gasteiger partial charge in [0.2, 0.25) is 0 Å². The van der Waals surface area contributed by atoms with Gasteiger partial charge in [-0.05, 0) is 55.4 Å². The molecule has 92 valence electrons. The van der Waals surface area contributed by atoms with Gasteiger partial charge in [0, 0.05) is 16.1 Å². The molecule has 2 nitrogen and oxygen atoms in total. The maximum absolute atomic E-state index is 9.73. The third kappa shape index (κ3) is 2.42. The Morgan fingerprint density at radius 3 is 2.88 bits per heavy atom. The van der Waals surface area contributed by atoms with Crippen LogP contribution in [0.1, 0.15) is 30.4 Å². The molecule has 2 aliphatic carbocycles. The minimum atomic E-state index is -0.0675. The summed E-state index contributed by atoms with van der Waals surface area (Å²) in [5.41, 5.74) is 2.75. The van der Waals surface area contributed by atoms with Crippen LogP contribution in [0, 0.1) is 0 Å². The summed E-state index contributed by atoms with van der Waals surface area (Å²) in [6.45, 7) is 0.249. The van der Waals surface area contributed by atoms with Gasteiger partial charge in [0.15, 0.2) is 0 Å². The highest BCUT2D eigenvalue weighted by atomic mass is 79.9. The molecule has 0 radical (unpaired) electrons. The van der Waals surface area contributed by atoms with Gasteiger partial charge in [0.05, 0.1) is 6.61 Å². The van der Waals surface area contributed by atoms with Crippen LogP contribution in [-0.2, 0) is 12.8 Å². The van der Waals surface area contributed by atoms with E-state index in [0.29, 0.717) is 6.04 Å². The molecule has 2 N–H and O–H groups in total. The van der Waals surface area contributed by atoms with E-state index in [1.807, 2.05) is 0 Å². The quantitative estimate of drug-likeness (QED) is 0.898. The van der Waals surface area contributed by atoms with Crippen molar-refractivity contribution in [1.82, 2.24) is 5.32 Å². The molecule has 2 aliphatic rings. The lowest BCUT2D eigenvalue weighted by Crippen LogP contribution is -2.53. The Bertz CT molecular complexity index is 430. The van der Waals surface area contributed by atoms with E-state index in [1.54, 1.807) is 0 Å². The summed E-state index contributed by atoms with van der Waals surface area (Å²) in [7, 11) is 0. The van der Waals surface area contributed by atoms with Gasteiger partial charge in [-0.25, -0.2) is 0 Å². The summed E-state index contributed by atoms with van der Waals surface area (Å²) in [5.74, 6) is 0. The molecular weight excluding hydrogens is 278 g/mol. The molecule has 3 rings (SSSR count). The lowest BCUT2D eigenvalue weighted by Gasteiger charge is -2.38. The standard InChI is InChI=1S/C14H18BrNO/c15-12-2-1-11-8-14(9-17,16-13-3-4-13)6-5-10(11)7-12/h1-2,7,13,16-17H,3-6,8-9H2. The number of rotatable bonds is 3. The van der Waals surface area contributed by atoms with E-state index in [-0.39, 0.29) is 12.1 Å². The Balaban J connectivity index is 1.84. The van der Waals surface area contributed by atoms with Crippen LogP contribution in [-0.4, -0.2) is 23.3 Å². The topological polar surface area (TPSA) is 32.3 Å². The van der Waals surface area contributed by atoms with Crippen LogP contribution in [0.25, 0.3) is 0 Å². The minimum Gasteiger partial charge on any atom is -0.394 e. The molecule has 1 fully saturated rings. The van der Waals surface area contributed by atoms with Gasteiger partial charge in [-0.3, -0.25) is 0 Å². The van der Waals surface area contributed by atoms with E-state index < -0.39 is 0 Å². The number of halogens is 1. The van der Waals surface area contributed by atoms with Crippen LogP contribution >= 0.6 is 15.9 Å². The Kier molecular flexibility index (Phi) is 3.01. The Morgan fingerprint density at radius 1 is 1.35 bits per heavy atom. The number of nitrogens with one attached hydrogen (secondary N) is 1. The lowest BCUT2D eigenvalue weighted by atomic mass is 9.78. The van der Waals surface area contributed by atoms with Crippen molar-refractivity contribution in [3.05, 3.63) is 33.8 Å². The maximum Gasteiger partial charge on any atom is 0.0616 e. The molecule has 0 saturated heterocycles. The Hall–Kier alpha value is -0.380. The molecule has 1 aromatic carbocycles. The molecule has 1 unspecified atom stereocenters. The molecule has 1 saturated carbocycles. The van der Waals surface area contributed by atoms with Gasteiger partial charge in [-0.15, -0.1) is 0 Å². The summed E-state index contributed by atoms with van der Waals surface area (Å²) in [6, 6.07) is 7.16. The first kappa shape index (κ1) is 11.7. The van der Waals surface area contributed by atoms with Gasteiger partial charge < -0.3 is 10.4 Å². The van der Waals surface area contributed by atoms with Gasteiger partial charge in [-0.2, -0.15) is 0 Å². The molecule has 0 heterocycles. The molecule has 1 atom stereocenters. The fourth-order valence-corrected chi connectivity index (χ4v) is 3.20. The third-order valence-corrected chi connectivity index (χ3v) is 4.45. The average molecular weight is 296 g/mol. The maximum atomic E-state index is 9.73. The second kappa shape index (κ2) is 4.38. The predicted octanol–water partition coefficient (Wildman–Crippen LogP) is 2.42. The van der Waals surface area contributed by atoms with E-state index in [1.165, 1.54) is 24.0 Å². The molecule has 3 heteroatoms. The highest BCUT2D eigenvalue weighted by Gasteiger charge is 2.38. The zero-order chi connectivity index (χ0) is 11.9. The predicted molar refractivity (Wildman–Crippen MR) is 72.1 cm³/mol. The van der Waals surface area contributed by atoms with Crippen molar-refractivity contribution in [3.63, 3.8) is 0 Å². The number of hydrogen-bond donors (Lipinski definition) is 2. The first-order valence-corrected chi connectivity index (χ1v) is 7.16. The van der Waals surface area contributed by atoms with E-state index in [2.05, 4.69) is 39.4 Å². The van der Waals surface area contributed by atoms with Crippen LogP contribution in [0.3, 0.4) is 0 Å². The van der Waals surface area contributed by atoms with E-state index >= 15 is 0 Å². The summed E-state index contributed by atoms with van der Waals surface area (Å²) in [4.78, 5) is 0. The third-order valence-electron chi connectivity index (χ3n) is 3.96. The summed E-state index contributed by atoms with van der Waals surface area (Å²) >= 11 is 3.52. The minimum absolute atomic E-state index is 0.0675. The average Bonchev–Trinajstić information content (AvgIpc) is 3.13. The summed E-state index contributed by atoms with van der Waals surface area (Å²) in [5, 5.41) is 13.4. The second-order valence-corrected chi connectivity index (χ2v) is 6.36. The smallest absolute Gasteiger partial charge is 0.0616 e. The van der Waals surface area contributed by atoms with Crippen molar-refractivity contribution in [2.45, 2.75) is 43.7 Å². The van der Waals surface area contributed by atoms with Crippen molar-refractivity contribution < 1.29 is 5.11 Å². The number of aliphatic hydroxyl groups is 1. The largest absolute Gasteiger partial charge is 0.394 e. The number of aryl methyl sites for hydroxylation is 1. The van der Waals surface area contributed by atoms with E-state index in [9.17, 15) is 5.11 Å². The Labute approximate surface area is 111 Å². The first-order valence-electron chi connectivity index (χ1n) is 6.37. The van der Waals surface area contributed by atoms with Crippen LogP contribution in [0.4, 0.5) is 0 Å². The fraction of sp³-hybridized carbons (Fsp3) is 0.571. The normalized spacial score (nSPS) is 27.9. The van der Waals surface area contributed by atoms with Crippen LogP contribution in [0.5, 0.6) is 0 Å². The molecule has 1 aromatic rings. The van der Waals surface area contributed by atoms with Gasteiger partial charge >= 0.3 is 0 Å². The highest BCUT2D eigenvalue weighted by Crippen LogP contribution is 2.33. The SMILES string of the molecule is OCC1(NC2CC2)CCc2cc(Br)ccc2C1. The van der Waals surface area contributed by atoms with Crippen molar-refractivity contribution in [1.29, 1.82) is 0 Å². The van der Waals surface area contributed by atoms with Crippen LogP contribution in [0.2, 0.25) is 0 Å². The molecule has 0 spiro atoms. The lowest BCUT2D eigenvalue weighted by molar-refractivity contribution is 0.143.